The molecule has 2 aromatic rings. The molecular formula is C14H15NO5S. The van der Waals surface area contributed by atoms with Crippen molar-refractivity contribution in [2.24, 2.45) is 5.73 Å². The first kappa shape index (κ1) is 15.4. The van der Waals surface area contributed by atoms with Crippen LogP contribution in [0.15, 0.2) is 47.4 Å². The zero-order valence-corrected chi connectivity index (χ0v) is 11.8. The lowest BCUT2D eigenvalue weighted by Crippen LogP contribution is -2.42. The van der Waals surface area contributed by atoms with Crippen molar-refractivity contribution in [2.45, 2.75) is 17.1 Å². The average molecular weight is 309 g/mol. The molecule has 0 spiro atoms. The van der Waals surface area contributed by atoms with E-state index in [0.29, 0.717) is 0 Å². The number of hydrogen-bond donors (Lipinski definition) is 3. The molecule has 0 aliphatic rings. The number of aliphatic hydroxyl groups excluding tert-OH is 2. The van der Waals surface area contributed by atoms with E-state index in [4.69, 9.17) is 5.73 Å². The maximum Gasteiger partial charge on any atom is 0.249 e. The Morgan fingerprint density at radius 1 is 1.10 bits per heavy atom. The maximum absolute atomic E-state index is 12.2. The molecule has 0 radical (unpaired) electrons. The van der Waals surface area contributed by atoms with E-state index in [9.17, 15) is 23.4 Å². The molecule has 2 rings (SSSR count). The summed E-state index contributed by atoms with van der Waals surface area (Å²) in [4.78, 5) is 10.8. The Kier molecular flexibility index (Phi) is 4.26. The molecule has 2 atom stereocenters. The summed E-state index contributed by atoms with van der Waals surface area (Å²) in [6.07, 6.45) is -3.68. The predicted molar refractivity (Wildman–Crippen MR) is 77.2 cm³/mol. The normalized spacial score (nSPS) is 14.8. The molecule has 4 N–H and O–H groups in total. The Morgan fingerprint density at radius 3 is 2.33 bits per heavy atom. The second-order valence-electron chi connectivity index (χ2n) is 4.70. The summed E-state index contributed by atoms with van der Waals surface area (Å²) >= 11 is 0. The molecule has 112 valence electrons. The fraction of sp³-hybridized carbons (Fsp3) is 0.214. The van der Waals surface area contributed by atoms with Gasteiger partial charge in [-0.2, -0.15) is 0 Å². The van der Waals surface area contributed by atoms with Crippen molar-refractivity contribution >= 4 is 26.5 Å². The molecule has 0 heterocycles. The molecule has 0 saturated carbocycles. The summed E-state index contributed by atoms with van der Waals surface area (Å²) < 4.78 is 24.4. The summed E-state index contributed by atoms with van der Waals surface area (Å²) in [5.74, 6) is -1.95. The maximum atomic E-state index is 12.2. The fourth-order valence-electron chi connectivity index (χ4n) is 1.96. The lowest BCUT2D eigenvalue weighted by molar-refractivity contribution is -0.130. The van der Waals surface area contributed by atoms with Crippen molar-refractivity contribution in [1.29, 1.82) is 0 Å². The van der Waals surface area contributed by atoms with E-state index in [1.54, 1.807) is 18.2 Å². The quantitative estimate of drug-likeness (QED) is 0.708. The van der Waals surface area contributed by atoms with Gasteiger partial charge in [-0.3, -0.25) is 4.79 Å². The van der Waals surface area contributed by atoms with Gasteiger partial charge in [-0.05, 0) is 22.9 Å². The highest BCUT2D eigenvalue weighted by molar-refractivity contribution is 7.91. The van der Waals surface area contributed by atoms with Crippen molar-refractivity contribution < 1.29 is 23.4 Å². The number of nitrogens with two attached hydrogens (primary N) is 1. The second-order valence-corrected chi connectivity index (χ2v) is 6.74. The summed E-state index contributed by atoms with van der Waals surface area (Å²) in [5, 5.41) is 20.5. The fourth-order valence-corrected chi connectivity index (χ4v) is 3.37. The number of hydrogen-bond acceptors (Lipinski definition) is 5. The first-order chi connectivity index (χ1) is 9.81. The molecule has 0 fully saturated rings. The van der Waals surface area contributed by atoms with Gasteiger partial charge in [0.05, 0.1) is 10.6 Å². The van der Waals surface area contributed by atoms with Crippen LogP contribution >= 0.6 is 0 Å². The van der Waals surface area contributed by atoms with Crippen LogP contribution in [0.5, 0.6) is 0 Å². The minimum absolute atomic E-state index is 0.0110. The number of sulfone groups is 1. The van der Waals surface area contributed by atoms with Gasteiger partial charge in [0.2, 0.25) is 5.91 Å². The van der Waals surface area contributed by atoms with Crippen LogP contribution in [0, 0.1) is 0 Å². The topological polar surface area (TPSA) is 118 Å². The molecule has 7 heteroatoms. The molecule has 0 aliphatic heterocycles. The number of amides is 1. The number of fused-ring (bicyclic) bond motifs is 1. The molecule has 2 unspecified atom stereocenters. The third-order valence-electron chi connectivity index (χ3n) is 3.13. The smallest absolute Gasteiger partial charge is 0.249 e. The Labute approximate surface area is 121 Å². The highest BCUT2D eigenvalue weighted by Crippen LogP contribution is 2.20. The van der Waals surface area contributed by atoms with Crippen molar-refractivity contribution in [3.8, 4) is 0 Å². The minimum Gasteiger partial charge on any atom is -0.389 e. The number of aliphatic hydroxyl groups is 2. The van der Waals surface area contributed by atoms with Crippen LogP contribution in [0.4, 0.5) is 0 Å². The lowest BCUT2D eigenvalue weighted by Gasteiger charge is -2.15. The van der Waals surface area contributed by atoms with E-state index in [1.165, 1.54) is 12.1 Å². The summed E-state index contributed by atoms with van der Waals surface area (Å²) in [7, 11) is -3.85. The van der Waals surface area contributed by atoms with E-state index < -0.39 is 33.7 Å². The van der Waals surface area contributed by atoms with Crippen LogP contribution in [0.1, 0.15) is 0 Å². The number of carbonyl (C=O) groups is 1. The largest absolute Gasteiger partial charge is 0.389 e. The van der Waals surface area contributed by atoms with Gasteiger partial charge < -0.3 is 15.9 Å². The van der Waals surface area contributed by atoms with Gasteiger partial charge in [-0.1, -0.05) is 30.3 Å². The Morgan fingerprint density at radius 2 is 1.71 bits per heavy atom. The Hall–Kier alpha value is -1.96. The van der Waals surface area contributed by atoms with E-state index in [2.05, 4.69) is 0 Å². The molecule has 0 saturated heterocycles. The number of primary amides is 1. The standard InChI is InChI=1S/C14H15NO5S/c15-14(18)13(17)12(16)8-21(19,20)11-6-5-9-3-1-2-4-10(9)7-11/h1-7,12-13,16-17H,8H2,(H2,15,18). The van der Waals surface area contributed by atoms with Crippen molar-refractivity contribution in [3.63, 3.8) is 0 Å². The second kappa shape index (κ2) is 5.80. The van der Waals surface area contributed by atoms with Crippen molar-refractivity contribution in [3.05, 3.63) is 42.5 Å². The van der Waals surface area contributed by atoms with Crippen LogP contribution in [0.25, 0.3) is 10.8 Å². The van der Waals surface area contributed by atoms with E-state index in [0.717, 1.165) is 10.8 Å². The zero-order valence-electron chi connectivity index (χ0n) is 11.0. The van der Waals surface area contributed by atoms with Crippen molar-refractivity contribution in [2.75, 3.05) is 5.75 Å². The molecular weight excluding hydrogens is 294 g/mol. The molecule has 1 amide bonds. The van der Waals surface area contributed by atoms with Crippen LogP contribution in [0.3, 0.4) is 0 Å². The number of benzene rings is 2. The van der Waals surface area contributed by atoms with Gasteiger partial charge in [0.15, 0.2) is 15.9 Å². The molecule has 0 aromatic heterocycles. The average Bonchev–Trinajstić information content (AvgIpc) is 2.45. The predicted octanol–water partition coefficient (Wildman–Crippen LogP) is -0.179. The minimum atomic E-state index is -3.85. The van der Waals surface area contributed by atoms with Gasteiger partial charge in [0.1, 0.15) is 6.10 Å². The number of carbonyl (C=O) groups excluding carboxylic acids is 1. The zero-order chi connectivity index (χ0) is 15.6. The first-order valence-electron chi connectivity index (χ1n) is 6.18. The van der Waals surface area contributed by atoms with E-state index in [-0.39, 0.29) is 4.90 Å². The van der Waals surface area contributed by atoms with E-state index >= 15 is 0 Å². The summed E-state index contributed by atoms with van der Waals surface area (Å²) in [6.45, 7) is 0. The SMILES string of the molecule is NC(=O)C(O)C(O)CS(=O)(=O)c1ccc2ccccc2c1. The number of rotatable bonds is 5. The van der Waals surface area contributed by atoms with Crippen LogP contribution < -0.4 is 5.73 Å². The van der Waals surface area contributed by atoms with Gasteiger partial charge in [0.25, 0.3) is 0 Å². The molecule has 6 nitrogen and oxygen atoms in total. The van der Waals surface area contributed by atoms with Crippen LogP contribution in [-0.4, -0.2) is 42.5 Å². The van der Waals surface area contributed by atoms with Gasteiger partial charge in [-0.15, -0.1) is 0 Å². The lowest BCUT2D eigenvalue weighted by atomic mass is 10.1. The molecule has 2 aromatic carbocycles. The highest BCUT2D eigenvalue weighted by atomic mass is 32.2. The van der Waals surface area contributed by atoms with Gasteiger partial charge in [-0.25, -0.2) is 8.42 Å². The highest BCUT2D eigenvalue weighted by Gasteiger charge is 2.28. The third kappa shape index (κ3) is 3.38. The Balaban J connectivity index is 2.31. The van der Waals surface area contributed by atoms with E-state index in [1.807, 2.05) is 12.1 Å². The van der Waals surface area contributed by atoms with Gasteiger partial charge >= 0.3 is 0 Å². The van der Waals surface area contributed by atoms with Crippen molar-refractivity contribution in [1.82, 2.24) is 0 Å². The summed E-state index contributed by atoms with van der Waals surface area (Å²) in [6, 6.07) is 11.8. The molecule has 21 heavy (non-hydrogen) atoms. The van der Waals surface area contributed by atoms with Crippen LogP contribution in [0.2, 0.25) is 0 Å². The third-order valence-corrected chi connectivity index (χ3v) is 4.88. The van der Waals surface area contributed by atoms with Gasteiger partial charge in [0, 0.05) is 0 Å². The summed E-state index contributed by atoms with van der Waals surface area (Å²) in [5.41, 5.74) is 4.83. The molecule has 0 aliphatic carbocycles. The van der Waals surface area contributed by atoms with Crippen LogP contribution in [-0.2, 0) is 14.6 Å². The Bertz CT molecular complexity index is 772. The first-order valence-corrected chi connectivity index (χ1v) is 7.83. The monoisotopic (exact) mass is 309 g/mol. The molecule has 0 bridgehead atoms.